The van der Waals surface area contributed by atoms with Crippen LogP contribution in [0.4, 0.5) is 5.69 Å². The second-order valence-electron chi connectivity index (χ2n) is 7.06. The minimum Gasteiger partial charge on any atom is -0.496 e. The van der Waals surface area contributed by atoms with E-state index in [9.17, 15) is 4.79 Å². The van der Waals surface area contributed by atoms with Gasteiger partial charge in [0, 0.05) is 22.0 Å². The third-order valence-corrected chi connectivity index (χ3v) is 5.66. The molecule has 0 spiro atoms. The van der Waals surface area contributed by atoms with Crippen LogP contribution in [0.15, 0.2) is 65.7 Å². The molecular weight excluding hydrogens is 418 g/mol. The second-order valence-corrected chi connectivity index (χ2v) is 7.88. The summed E-state index contributed by atoms with van der Waals surface area (Å²) >= 11 is 11.3. The smallest absolute Gasteiger partial charge is 0.235 e. The van der Waals surface area contributed by atoms with Crippen LogP contribution in [0.3, 0.4) is 0 Å². The minimum absolute atomic E-state index is 0.187. The molecule has 1 heterocycles. The molecule has 3 aromatic rings. The van der Waals surface area contributed by atoms with Gasteiger partial charge in [-0.1, -0.05) is 41.9 Å². The van der Waals surface area contributed by atoms with E-state index in [2.05, 4.69) is 15.6 Å². The Balaban J connectivity index is 1.80. The number of anilines is 1. The lowest BCUT2D eigenvalue weighted by Crippen LogP contribution is -2.45. The maximum Gasteiger partial charge on any atom is 0.235 e. The van der Waals surface area contributed by atoms with Crippen LogP contribution in [-0.2, 0) is 4.79 Å². The van der Waals surface area contributed by atoms with Crippen molar-refractivity contribution in [3.8, 4) is 5.75 Å². The molecule has 0 saturated carbocycles. The van der Waals surface area contributed by atoms with Crippen LogP contribution in [0.1, 0.15) is 18.5 Å². The van der Waals surface area contributed by atoms with Gasteiger partial charge in [-0.25, -0.2) is 4.99 Å². The second kappa shape index (κ2) is 8.42. The fraction of sp³-hybridized carbons (Fsp3) is 0.174. The van der Waals surface area contributed by atoms with E-state index >= 15 is 0 Å². The van der Waals surface area contributed by atoms with Crippen LogP contribution < -0.4 is 15.4 Å². The molecule has 30 heavy (non-hydrogen) atoms. The number of benzene rings is 3. The molecule has 0 radical (unpaired) electrons. The maximum atomic E-state index is 13.3. The van der Waals surface area contributed by atoms with Crippen molar-refractivity contribution < 1.29 is 9.53 Å². The summed E-state index contributed by atoms with van der Waals surface area (Å²) in [6.07, 6.45) is 0. The molecule has 152 valence electrons. The molecule has 1 amide bonds. The average Bonchev–Trinajstić information content (AvgIpc) is 2.73. The van der Waals surface area contributed by atoms with Crippen molar-refractivity contribution in [2.45, 2.75) is 13.0 Å². The zero-order valence-electron chi connectivity index (χ0n) is 16.5. The van der Waals surface area contributed by atoms with E-state index in [0.717, 1.165) is 16.3 Å². The van der Waals surface area contributed by atoms with Crippen LogP contribution in [-0.4, -0.2) is 23.8 Å². The van der Waals surface area contributed by atoms with Gasteiger partial charge < -0.3 is 15.4 Å². The number of aliphatic imine (C=N–C) groups is 1. The first-order valence-corrected chi connectivity index (χ1v) is 10.2. The molecule has 4 rings (SSSR count). The lowest BCUT2D eigenvalue weighted by atomic mass is 9.84. The van der Waals surface area contributed by atoms with Gasteiger partial charge in [-0.3, -0.25) is 4.79 Å². The van der Waals surface area contributed by atoms with E-state index in [1.54, 1.807) is 31.4 Å². The molecule has 2 unspecified atom stereocenters. The number of hydrogen-bond donors (Lipinski definition) is 2. The van der Waals surface area contributed by atoms with E-state index in [1.807, 2.05) is 43.3 Å². The highest BCUT2D eigenvalue weighted by atomic mass is 35.5. The van der Waals surface area contributed by atoms with Crippen molar-refractivity contribution in [3.63, 3.8) is 0 Å². The molecule has 0 saturated heterocycles. The van der Waals surface area contributed by atoms with Gasteiger partial charge in [0.15, 0.2) is 5.11 Å². The number of rotatable bonds is 4. The zero-order chi connectivity index (χ0) is 21.3. The lowest BCUT2D eigenvalue weighted by Gasteiger charge is -2.33. The predicted octanol–water partition coefficient (Wildman–Crippen LogP) is 5.15. The maximum absolute atomic E-state index is 13.3. The summed E-state index contributed by atoms with van der Waals surface area (Å²) in [6, 6.07) is 18.5. The van der Waals surface area contributed by atoms with E-state index in [-0.39, 0.29) is 5.91 Å². The number of carbonyl (C=O) groups excluding carboxylic acids is 1. The Hall–Kier alpha value is -2.96. The van der Waals surface area contributed by atoms with Gasteiger partial charge in [-0.2, -0.15) is 0 Å². The summed E-state index contributed by atoms with van der Waals surface area (Å²) in [4.78, 5) is 17.7. The number of hydrogen-bond acceptors (Lipinski definition) is 3. The van der Waals surface area contributed by atoms with Crippen LogP contribution in [0.5, 0.6) is 5.75 Å². The molecule has 3 aromatic carbocycles. The first-order valence-electron chi connectivity index (χ1n) is 9.45. The van der Waals surface area contributed by atoms with E-state index in [4.69, 9.17) is 28.6 Å². The molecule has 1 aliphatic heterocycles. The fourth-order valence-electron chi connectivity index (χ4n) is 3.83. The predicted molar refractivity (Wildman–Crippen MR) is 126 cm³/mol. The quantitative estimate of drug-likeness (QED) is 0.554. The lowest BCUT2D eigenvalue weighted by molar-refractivity contribution is -0.118. The summed E-state index contributed by atoms with van der Waals surface area (Å²) in [7, 11) is 1.62. The minimum atomic E-state index is -0.577. The number of halogens is 1. The Kier molecular flexibility index (Phi) is 5.70. The normalized spacial score (nSPS) is 18.5. The van der Waals surface area contributed by atoms with Crippen molar-refractivity contribution in [2.24, 2.45) is 10.9 Å². The molecule has 5 nitrogen and oxygen atoms in total. The molecule has 7 heteroatoms. The Labute approximate surface area is 185 Å². The van der Waals surface area contributed by atoms with Gasteiger partial charge in [-0.05, 0) is 60.2 Å². The van der Waals surface area contributed by atoms with Crippen LogP contribution in [0.2, 0.25) is 5.02 Å². The third kappa shape index (κ3) is 3.88. The monoisotopic (exact) mass is 437 g/mol. The first kappa shape index (κ1) is 20.3. The molecule has 2 N–H and O–H groups in total. The summed E-state index contributed by atoms with van der Waals surface area (Å²) in [5.41, 5.74) is 2.18. The number of fused-ring (bicyclic) bond motifs is 1. The third-order valence-electron chi connectivity index (χ3n) is 5.20. The SMILES string of the molecule is COc1ccc2ccccc2c1C1NC(=S)N=C(C)C1C(=O)Nc1ccc(Cl)cc1. The first-order chi connectivity index (χ1) is 14.5. The Morgan fingerprint density at radius 1 is 1.13 bits per heavy atom. The number of amides is 1. The van der Waals surface area contributed by atoms with Crippen molar-refractivity contribution in [3.05, 3.63) is 71.2 Å². The fourth-order valence-corrected chi connectivity index (χ4v) is 4.22. The topological polar surface area (TPSA) is 62.7 Å². The highest BCUT2D eigenvalue weighted by Gasteiger charge is 2.38. The number of nitrogens with zero attached hydrogens (tertiary/aromatic N) is 1. The molecular formula is C23H20ClN3O2S. The van der Waals surface area contributed by atoms with Gasteiger partial charge in [0.05, 0.1) is 13.2 Å². The van der Waals surface area contributed by atoms with E-state index in [0.29, 0.717) is 27.3 Å². The number of thiocarbonyl (C=S) groups is 1. The molecule has 0 bridgehead atoms. The van der Waals surface area contributed by atoms with Crippen molar-refractivity contribution >= 4 is 57.0 Å². The van der Waals surface area contributed by atoms with Crippen LogP contribution in [0.25, 0.3) is 10.8 Å². The van der Waals surface area contributed by atoms with Crippen molar-refractivity contribution in [1.29, 1.82) is 0 Å². The molecule has 0 fully saturated rings. The van der Waals surface area contributed by atoms with E-state index < -0.39 is 12.0 Å². The molecule has 1 aliphatic rings. The Bertz CT molecular complexity index is 1160. The molecule has 2 atom stereocenters. The summed E-state index contributed by atoms with van der Waals surface area (Å²) in [6.45, 7) is 1.82. The summed E-state index contributed by atoms with van der Waals surface area (Å²) < 4.78 is 5.67. The van der Waals surface area contributed by atoms with Gasteiger partial charge >= 0.3 is 0 Å². The number of carbonyl (C=O) groups is 1. The van der Waals surface area contributed by atoms with Gasteiger partial charge in [0.25, 0.3) is 0 Å². The highest BCUT2D eigenvalue weighted by molar-refractivity contribution is 7.80. The summed E-state index contributed by atoms with van der Waals surface area (Å²) in [5.74, 6) is -0.0753. The molecule has 0 aliphatic carbocycles. The van der Waals surface area contributed by atoms with Crippen LogP contribution >= 0.6 is 23.8 Å². The van der Waals surface area contributed by atoms with Gasteiger partial charge in [-0.15, -0.1) is 0 Å². The largest absolute Gasteiger partial charge is 0.496 e. The standard InChI is InChI=1S/C23H20ClN3O2S/c1-13-19(22(28)26-16-10-8-15(24)9-11-16)21(27-23(30)25-13)20-17-6-4-3-5-14(17)7-12-18(20)29-2/h3-12,19,21H,1-2H3,(H,26,28)(H,27,30). The highest BCUT2D eigenvalue weighted by Crippen LogP contribution is 2.38. The van der Waals surface area contributed by atoms with Crippen molar-refractivity contribution in [2.75, 3.05) is 12.4 Å². The number of methoxy groups -OCH3 is 1. The van der Waals surface area contributed by atoms with Gasteiger partial charge in [0.2, 0.25) is 5.91 Å². The Morgan fingerprint density at radius 2 is 1.87 bits per heavy atom. The Morgan fingerprint density at radius 3 is 2.60 bits per heavy atom. The van der Waals surface area contributed by atoms with Gasteiger partial charge in [0.1, 0.15) is 11.7 Å². The number of ether oxygens (including phenoxy) is 1. The van der Waals surface area contributed by atoms with Crippen LogP contribution in [0, 0.1) is 5.92 Å². The van der Waals surface area contributed by atoms with E-state index in [1.165, 1.54) is 0 Å². The average molecular weight is 438 g/mol. The number of nitrogens with one attached hydrogen (secondary N) is 2. The van der Waals surface area contributed by atoms with Crippen molar-refractivity contribution in [1.82, 2.24) is 5.32 Å². The zero-order valence-corrected chi connectivity index (χ0v) is 18.1. The summed E-state index contributed by atoms with van der Waals surface area (Å²) in [5, 5.41) is 9.21. The molecule has 0 aromatic heterocycles.